The third-order valence-corrected chi connectivity index (χ3v) is 2.87. The quantitative estimate of drug-likeness (QED) is 0.718. The first kappa shape index (κ1) is 17.2. The van der Waals surface area contributed by atoms with Gasteiger partial charge in [0, 0.05) is 20.2 Å². The predicted molar refractivity (Wildman–Crippen MR) is 70.3 cm³/mol. The van der Waals surface area contributed by atoms with Crippen molar-refractivity contribution in [3.8, 4) is 0 Å². The van der Waals surface area contributed by atoms with Gasteiger partial charge < -0.3 is 21.1 Å². The van der Waals surface area contributed by atoms with Crippen LogP contribution in [-0.2, 0) is 14.3 Å². The molecule has 1 heterocycles. The number of rotatable bonds is 5. The van der Waals surface area contributed by atoms with Gasteiger partial charge in [0.1, 0.15) is 0 Å². The van der Waals surface area contributed by atoms with Crippen molar-refractivity contribution >= 4 is 24.2 Å². The van der Waals surface area contributed by atoms with Gasteiger partial charge in [0.25, 0.3) is 0 Å². The molecule has 0 bridgehead atoms. The molecular weight excluding hydrogens is 258 g/mol. The Morgan fingerprint density at radius 3 is 2.61 bits per heavy atom. The Kier molecular flexibility index (Phi) is 7.90. The lowest BCUT2D eigenvalue weighted by Gasteiger charge is -2.28. The van der Waals surface area contributed by atoms with Crippen LogP contribution < -0.4 is 11.5 Å². The number of likely N-dealkylation sites (N-methyl/N-ethyl adjacent to an activating group) is 1. The molecule has 0 radical (unpaired) electrons. The summed E-state index contributed by atoms with van der Waals surface area (Å²) in [4.78, 5) is 24.0. The van der Waals surface area contributed by atoms with E-state index in [4.69, 9.17) is 16.2 Å². The van der Waals surface area contributed by atoms with Gasteiger partial charge in [-0.3, -0.25) is 9.59 Å². The Balaban J connectivity index is 0.00000289. The molecule has 1 saturated heterocycles. The molecule has 2 atom stereocenters. The number of hydrogen-bond acceptors (Lipinski definition) is 4. The van der Waals surface area contributed by atoms with Gasteiger partial charge in [0.05, 0.1) is 18.6 Å². The SMILES string of the molecule is CN(CC1CCCCO1)C(=O)C(N)CC(N)=O.Cl. The maximum Gasteiger partial charge on any atom is 0.239 e. The number of hydrogen-bond donors (Lipinski definition) is 2. The highest BCUT2D eigenvalue weighted by Crippen LogP contribution is 2.13. The van der Waals surface area contributed by atoms with Gasteiger partial charge in [0.15, 0.2) is 0 Å². The van der Waals surface area contributed by atoms with E-state index in [1.165, 1.54) is 4.90 Å². The molecule has 1 aliphatic rings. The lowest BCUT2D eigenvalue weighted by molar-refractivity contribution is -0.135. The van der Waals surface area contributed by atoms with Crippen LogP contribution in [0.1, 0.15) is 25.7 Å². The number of nitrogens with zero attached hydrogens (tertiary/aromatic N) is 1. The smallest absolute Gasteiger partial charge is 0.239 e. The summed E-state index contributed by atoms with van der Waals surface area (Å²) in [6.07, 6.45) is 3.13. The fourth-order valence-corrected chi connectivity index (χ4v) is 1.93. The van der Waals surface area contributed by atoms with Gasteiger partial charge in [-0.25, -0.2) is 0 Å². The molecule has 0 aromatic heterocycles. The van der Waals surface area contributed by atoms with E-state index in [0.29, 0.717) is 6.54 Å². The Bertz CT molecular complexity index is 283. The van der Waals surface area contributed by atoms with Crippen molar-refractivity contribution < 1.29 is 14.3 Å². The van der Waals surface area contributed by atoms with Crippen LogP contribution in [0.15, 0.2) is 0 Å². The summed E-state index contributed by atoms with van der Waals surface area (Å²) >= 11 is 0. The Morgan fingerprint density at radius 2 is 2.11 bits per heavy atom. The molecule has 0 aliphatic carbocycles. The molecule has 1 aliphatic heterocycles. The normalized spacial score (nSPS) is 20.7. The summed E-state index contributed by atoms with van der Waals surface area (Å²) in [6.45, 7) is 1.27. The number of nitrogens with two attached hydrogens (primary N) is 2. The molecule has 6 nitrogen and oxygen atoms in total. The van der Waals surface area contributed by atoms with Gasteiger partial charge in [-0.15, -0.1) is 12.4 Å². The van der Waals surface area contributed by atoms with E-state index in [1.807, 2.05) is 0 Å². The maximum atomic E-state index is 11.8. The van der Waals surface area contributed by atoms with Crippen LogP contribution in [0.25, 0.3) is 0 Å². The highest BCUT2D eigenvalue weighted by molar-refractivity contribution is 5.87. The topological polar surface area (TPSA) is 98.7 Å². The van der Waals surface area contributed by atoms with E-state index in [-0.39, 0.29) is 30.8 Å². The van der Waals surface area contributed by atoms with Gasteiger partial charge >= 0.3 is 0 Å². The van der Waals surface area contributed by atoms with Gasteiger partial charge in [-0.2, -0.15) is 0 Å². The van der Waals surface area contributed by atoms with Crippen LogP contribution in [0.2, 0.25) is 0 Å². The van der Waals surface area contributed by atoms with Crippen molar-refractivity contribution in [2.45, 2.75) is 37.8 Å². The third-order valence-electron chi connectivity index (χ3n) is 2.87. The minimum absolute atomic E-state index is 0. The molecule has 0 saturated carbocycles. The highest BCUT2D eigenvalue weighted by atomic mass is 35.5. The second-order valence-electron chi connectivity index (χ2n) is 4.48. The summed E-state index contributed by atoms with van der Waals surface area (Å²) in [5.41, 5.74) is 10.6. The summed E-state index contributed by atoms with van der Waals surface area (Å²) in [5, 5.41) is 0. The van der Waals surface area contributed by atoms with Gasteiger partial charge in [0.2, 0.25) is 11.8 Å². The second-order valence-corrected chi connectivity index (χ2v) is 4.48. The highest BCUT2D eigenvalue weighted by Gasteiger charge is 2.23. The van der Waals surface area contributed by atoms with Crippen molar-refractivity contribution in [3.05, 3.63) is 0 Å². The summed E-state index contributed by atoms with van der Waals surface area (Å²) in [7, 11) is 1.67. The Morgan fingerprint density at radius 1 is 1.44 bits per heavy atom. The van der Waals surface area contributed by atoms with E-state index in [9.17, 15) is 9.59 Å². The molecule has 18 heavy (non-hydrogen) atoms. The molecule has 2 amide bonds. The fourth-order valence-electron chi connectivity index (χ4n) is 1.93. The average molecular weight is 280 g/mol. The van der Waals surface area contributed by atoms with Crippen LogP contribution >= 0.6 is 12.4 Å². The third kappa shape index (κ3) is 5.66. The van der Waals surface area contributed by atoms with Crippen LogP contribution in [0, 0.1) is 0 Å². The maximum absolute atomic E-state index is 11.8. The summed E-state index contributed by atoms with van der Waals surface area (Å²) < 4.78 is 5.53. The monoisotopic (exact) mass is 279 g/mol. The van der Waals surface area contributed by atoms with E-state index in [2.05, 4.69) is 0 Å². The molecule has 4 N–H and O–H groups in total. The molecule has 2 unspecified atom stereocenters. The number of amides is 2. The van der Waals surface area contributed by atoms with Crippen LogP contribution in [0.5, 0.6) is 0 Å². The molecule has 106 valence electrons. The van der Waals surface area contributed by atoms with E-state index in [1.54, 1.807) is 7.05 Å². The number of ether oxygens (including phenoxy) is 1. The van der Waals surface area contributed by atoms with Crippen molar-refractivity contribution in [3.63, 3.8) is 0 Å². The van der Waals surface area contributed by atoms with Crippen LogP contribution in [0.4, 0.5) is 0 Å². The first-order valence-corrected chi connectivity index (χ1v) is 5.91. The molecule has 0 spiro atoms. The number of halogens is 1. The first-order valence-electron chi connectivity index (χ1n) is 5.91. The van der Waals surface area contributed by atoms with Crippen LogP contribution in [0.3, 0.4) is 0 Å². The lowest BCUT2D eigenvalue weighted by atomic mass is 10.1. The van der Waals surface area contributed by atoms with E-state index < -0.39 is 11.9 Å². The summed E-state index contributed by atoms with van der Waals surface area (Å²) in [5.74, 6) is -0.828. The van der Waals surface area contributed by atoms with Gasteiger partial charge in [-0.1, -0.05) is 0 Å². The molecular formula is C11H22ClN3O3. The molecule has 0 aromatic rings. The van der Waals surface area contributed by atoms with E-state index in [0.717, 1.165) is 25.9 Å². The molecule has 1 fully saturated rings. The second kappa shape index (κ2) is 8.29. The standard InChI is InChI=1S/C11H21N3O3.ClH/c1-14(7-8-4-2-3-5-17-8)11(16)9(12)6-10(13)15;/h8-9H,2-7,12H2,1H3,(H2,13,15);1H. The van der Waals surface area contributed by atoms with Crippen LogP contribution in [-0.4, -0.2) is 49.1 Å². The minimum Gasteiger partial charge on any atom is -0.376 e. The minimum atomic E-state index is -0.846. The van der Waals surface area contributed by atoms with Crippen molar-refractivity contribution in [1.82, 2.24) is 4.90 Å². The van der Waals surface area contributed by atoms with Crippen molar-refractivity contribution in [1.29, 1.82) is 0 Å². The predicted octanol–water partition coefficient (Wildman–Crippen LogP) is -0.362. The first-order chi connectivity index (χ1) is 8.00. The molecule has 7 heteroatoms. The van der Waals surface area contributed by atoms with Crippen molar-refractivity contribution in [2.24, 2.45) is 11.5 Å². The molecule has 0 aromatic carbocycles. The zero-order valence-electron chi connectivity index (χ0n) is 10.6. The van der Waals surface area contributed by atoms with Crippen molar-refractivity contribution in [2.75, 3.05) is 20.2 Å². The molecule has 1 rings (SSSR count). The number of primary amides is 1. The zero-order chi connectivity index (χ0) is 12.8. The number of carbonyl (C=O) groups excluding carboxylic acids is 2. The Labute approximate surface area is 113 Å². The summed E-state index contributed by atoms with van der Waals surface area (Å²) in [6, 6.07) is -0.846. The fraction of sp³-hybridized carbons (Fsp3) is 0.818. The van der Waals surface area contributed by atoms with E-state index >= 15 is 0 Å². The zero-order valence-corrected chi connectivity index (χ0v) is 11.4. The average Bonchev–Trinajstić information content (AvgIpc) is 2.28. The lowest BCUT2D eigenvalue weighted by Crippen LogP contribution is -2.46. The number of carbonyl (C=O) groups is 2. The van der Waals surface area contributed by atoms with Gasteiger partial charge in [-0.05, 0) is 19.3 Å². The Hall–Kier alpha value is -0.850. The largest absolute Gasteiger partial charge is 0.376 e.